The Labute approximate surface area is 100 Å². The van der Waals surface area contributed by atoms with Gasteiger partial charge in [-0.3, -0.25) is 4.79 Å². The molecule has 1 fully saturated rings. The lowest BCUT2D eigenvalue weighted by Crippen LogP contribution is -2.31. The number of amides is 1. The van der Waals surface area contributed by atoms with E-state index in [9.17, 15) is 4.79 Å². The zero-order valence-corrected chi connectivity index (χ0v) is 9.94. The van der Waals surface area contributed by atoms with Crippen LogP contribution in [0.4, 0.5) is 0 Å². The molecule has 94 valence electrons. The molecule has 0 spiro atoms. The van der Waals surface area contributed by atoms with Crippen LogP contribution in [0.15, 0.2) is 16.5 Å². The molecule has 0 aromatic carbocycles. The van der Waals surface area contributed by atoms with Gasteiger partial charge in [-0.05, 0) is 25.5 Å². The molecule has 0 radical (unpaired) electrons. The van der Waals surface area contributed by atoms with Gasteiger partial charge in [-0.15, -0.1) is 0 Å². The van der Waals surface area contributed by atoms with Gasteiger partial charge in [0.15, 0.2) is 5.76 Å². The van der Waals surface area contributed by atoms with Crippen molar-refractivity contribution in [2.24, 2.45) is 11.7 Å². The van der Waals surface area contributed by atoms with E-state index in [1.165, 1.54) is 0 Å². The van der Waals surface area contributed by atoms with Crippen molar-refractivity contribution in [2.75, 3.05) is 13.2 Å². The van der Waals surface area contributed by atoms with E-state index in [1.54, 1.807) is 12.1 Å². The lowest BCUT2D eigenvalue weighted by Gasteiger charge is -2.13. The molecule has 1 saturated heterocycles. The molecule has 2 atom stereocenters. The first-order chi connectivity index (χ1) is 8.20. The second-order valence-electron chi connectivity index (χ2n) is 4.30. The number of carbonyl (C=O) groups excluding carboxylic acids is 1. The van der Waals surface area contributed by atoms with Gasteiger partial charge in [0.05, 0.1) is 12.6 Å². The van der Waals surface area contributed by atoms with E-state index in [1.807, 2.05) is 6.92 Å². The van der Waals surface area contributed by atoms with E-state index < -0.39 is 0 Å². The van der Waals surface area contributed by atoms with Crippen LogP contribution in [0.1, 0.15) is 29.7 Å². The first-order valence-corrected chi connectivity index (χ1v) is 5.89. The molecule has 2 rings (SSSR count). The van der Waals surface area contributed by atoms with Crippen LogP contribution < -0.4 is 11.1 Å². The molecule has 5 heteroatoms. The van der Waals surface area contributed by atoms with E-state index in [0.717, 1.165) is 13.0 Å². The predicted molar refractivity (Wildman–Crippen MR) is 62.5 cm³/mol. The lowest BCUT2D eigenvalue weighted by atomic mass is 10.0. The molecule has 5 nitrogen and oxygen atoms in total. The highest BCUT2D eigenvalue weighted by Crippen LogP contribution is 2.19. The number of nitrogens with two attached hydrogens (primary N) is 1. The Balaban J connectivity index is 1.84. The Bertz CT molecular complexity index is 389. The third-order valence-corrected chi connectivity index (χ3v) is 3.14. The van der Waals surface area contributed by atoms with Crippen LogP contribution in [0.5, 0.6) is 0 Å². The normalized spacial score (nSPS) is 23.9. The van der Waals surface area contributed by atoms with Gasteiger partial charge in [0.1, 0.15) is 5.76 Å². The second-order valence-corrected chi connectivity index (χ2v) is 4.30. The van der Waals surface area contributed by atoms with Crippen molar-refractivity contribution < 1.29 is 13.9 Å². The maximum Gasteiger partial charge on any atom is 0.287 e. The average molecular weight is 238 g/mol. The van der Waals surface area contributed by atoms with Gasteiger partial charge >= 0.3 is 0 Å². The van der Waals surface area contributed by atoms with Crippen LogP contribution in [0.2, 0.25) is 0 Å². The molecular formula is C12H18N2O3. The molecule has 2 heterocycles. The molecular weight excluding hydrogens is 220 g/mol. The third kappa shape index (κ3) is 2.87. The molecule has 1 aliphatic heterocycles. The fraction of sp³-hybridized carbons (Fsp3) is 0.583. The van der Waals surface area contributed by atoms with Crippen LogP contribution in [-0.2, 0) is 11.3 Å². The number of hydrogen-bond acceptors (Lipinski definition) is 4. The maximum absolute atomic E-state index is 11.8. The van der Waals surface area contributed by atoms with Crippen LogP contribution >= 0.6 is 0 Å². The zero-order valence-electron chi connectivity index (χ0n) is 9.94. The summed E-state index contributed by atoms with van der Waals surface area (Å²) in [6.07, 6.45) is 1.21. The standard InChI is InChI=1S/C12H18N2O3/c1-8-9(4-5-16-8)7-14-12(15)11-3-2-10(6-13)17-11/h2-3,8-9H,4-7,13H2,1H3,(H,14,15). The number of rotatable bonds is 4. The number of furan rings is 1. The monoisotopic (exact) mass is 238 g/mol. The minimum absolute atomic E-state index is 0.191. The molecule has 1 aromatic heterocycles. The van der Waals surface area contributed by atoms with E-state index in [-0.39, 0.29) is 12.0 Å². The minimum Gasteiger partial charge on any atom is -0.455 e. The summed E-state index contributed by atoms with van der Waals surface area (Å²) in [4.78, 5) is 11.8. The summed E-state index contributed by atoms with van der Waals surface area (Å²) in [5, 5.41) is 2.86. The van der Waals surface area contributed by atoms with Crippen molar-refractivity contribution in [3.63, 3.8) is 0 Å². The van der Waals surface area contributed by atoms with Crippen molar-refractivity contribution in [1.82, 2.24) is 5.32 Å². The number of hydrogen-bond donors (Lipinski definition) is 2. The SMILES string of the molecule is CC1OCCC1CNC(=O)c1ccc(CN)o1. The molecule has 0 aliphatic carbocycles. The fourth-order valence-electron chi connectivity index (χ4n) is 1.96. The van der Waals surface area contributed by atoms with Gasteiger partial charge in [-0.25, -0.2) is 0 Å². The first-order valence-electron chi connectivity index (χ1n) is 5.89. The van der Waals surface area contributed by atoms with Gasteiger partial charge < -0.3 is 20.2 Å². The quantitative estimate of drug-likeness (QED) is 0.816. The van der Waals surface area contributed by atoms with Crippen molar-refractivity contribution >= 4 is 5.91 Å². The Hall–Kier alpha value is -1.33. The van der Waals surface area contributed by atoms with Gasteiger partial charge in [0.2, 0.25) is 0 Å². The van der Waals surface area contributed by atoms with Gasteiger partial charge in [-0.2, -0.15) is 0 Å². The summed E-state index contributed by atoms with van der Waals surface area (Å²) < 4.78 is 10.7. The van der Waals surface area contributed by atoms with Crippen molar-refractivity contribution in [2.45, 2.75) is 26.0 Å². The zero-order chi connectivity index (χ0) is 12.3. The summed E-state index contributed by atoms with van der Waals surface area (Å²) in [7, 11) is 0. The molecule has 0 saturated carbocycles. The summed E-state index contributed by atoms with van der Waals surface area (Å²) in [5.41, 5.74) is 5.41. The van der Waals surface area contributed by atoms with E-state index >= 15 is 0 Å². The second kappa shape index (κ2) is 5.33. The van der Waals surface area contributed by atoms with Crippen molar-refractivity contribution in [3.8, 4) is 0 Å². The third-order valence-electron chi connectivity index (χ3n) is 3.14. The number of ether oxygens (including phenoxy) is 1. The number of nitrogens with one attached hydrogen (secondary N) is 1. The summed E-state index contributed by atoms with van der Waals surface area (Å²) in [6.45, 7) is 3.74. The van der Waals surface area contributed by atoms with E-state index in [0.29, 0.717) is 30.5 Å². The van der Waals surface area contributed by atoms with Crippen LogP contribution in [0, 0.1) is 5.92 Å². The first kappa shape index (κ1) is 12.1. The van der Waals surface area contributed by atoms with Crippen molar-refractivity contribution in [1.29, 1.82) is 0 Å². The Morgan fingerprint density at radius 1 is 1.59 bits per heavy atom. The largest absolute Gasteiger partial charge is 0.455 e. The lowest BCUT2D eigenvalue weighted by molar-refractivity contribution is 0.0882. The van der Waals surface area contributed by atoms with E-state index in [2.05, 4.69) is 5.32 Å². The predicted octanol–water partition coefficient (Wildman–Crippen LogP) is 0.893. The molecule has 0 bridgehead atoms. The Morgan fingerprint density at radius 2 is 2.41 bits per heavy atom. The van der Waals surface area contributed by atoms with Gasteiger partial charge in [0.25, 0.3) is 5.91 Å². The molecule has 1 aliphatic rings. The van der Waals surface area contributed by atoms with Crippen LogP contribution in [0.3, 0.4) is 0 Å². The van der Waals surface area contributed by atoms with Crippen LogP contribution in [-0.4, -0.2) is 25.2 Å². The molecule has 1 amide bonds. The topological polar surface area (TPSA) is 77.5 Å². The number of carbonyl (C=O) groups is 1. The highest BCUT2D eigenvalue weighted by Gasteiger charge is 2.24. The van der Waals surface area contributed by atoms with Gasteiger partial charge in [-0.1, -0.05) is 0 Å². The highest BCUT2D eigenvalue weighted by molar-refractivity contribution is 5.91. The molecule has 1 aromatic rings. The summed E-state index contributed by atoms with van der Waals surface area (Å²) >= 11 is 0. The minimum atomic E-state index is -0.191. The van der Waals surface area contributed by atoms with Gasteiger partial charge in [0, 0.05) is 19.1 Å². The average Bonchev–Trinajstić information content (AvgIpc) is 2.94. The highest BCUT2D eigenvalue weighted by atomic mass is 16.5. The smallest absolute Gasteiger partial charge is 0.287 e. The summed E-state index contributed by atoms with van der Waals surface area (Å²) in [6, 6.07) is 3.36. The summed E-state index contributed by atoms with van der Waals surface area (Å²) in [5.74, 6) is 1.14. The maximum atomic E-state index is 11.8. The van der Waals surface area contributed by atoms with Crippen molar-refractivity contribution in [3.05, 3.63) is 23.7 Å². The Morgan fingerprint density at radius 3 is 3.00 bits per heavy atom. The molecule has 2 unspecified atom stereocenters. The van der Waals surface area contributed by atoms with Crippen LogP contribution in [0.25, 0.3) is 0 Å². The molecule has 3 N–H and O–H groups in total. The van der Waals surface area contributed by atoms with E-state index in [4.69, 9.17) is 14.9 Å². The Kier molecular flexibility index (Phi) is 3.81. The molecule has 17 heavy (non-hydrogen) atoms. The fourth-order valence-corrected chi connectivity index (χ4v) is 1.96.